The van der Waals surface area contributed by atoms with E-state index < -0.39 is 16.1 Å². The summed E-state index contributed by atoms with van der Waals surface area (Å²) in [6.45, 7) is 5.12. The summed E-state index contributed by atoms with van der Waals surface area (Å²) in [7, 11) is -0.325. The molecule has 184 valence electrons. The third-order valence-electron chi connectivity index (χ3n) is 5.77. The maximum Gasteiger partial charge on any atom is 0.247 e. The molecule has 0 amide bonds. The summed E-state index contributed by atoms with van der Waals surface area (Å²) >= 11 is 0. The van der Waals surface area contributed by atoms with Crippen LogP contribution in [-0.2, 0) is 21.3 Å². The molecule has 1 aliphatic heterocycles. The second-order valence-electron chi connectivity index (χ2n) is 8.65. The summed E-state index contributed by atoms with van der Waals surface area (Å²) in [6.07, 6.45) is 1.47. The van der Waals surface area contributed by atoms with Gasteiger partial charge in [-0.2, -0.15) is 4.31 Å². The Kier molecular flexibility index (Phi) is 9.05. The Hall–Kier alpha value is -2.48. The van der Waals surface area contributed by atoms with Gasteiger partial charge in [0.05, 0.1) is 12.3 Å². The normalized spacial score (nSPS) is 20.9. The molecule has 0 bridgehead atoms. The third kappa shape index (κ3) is 6.34. The van der Waals surface area contributed by atoms with Gasteiger partial charge in [0, 0.05) is 50.5 Å². The average molecular weight is 488 g/mol. The molecule has 1 aromatic carbocycles. The lowest BCUT2D eigenvalue weighted by Gasteiger charge is -2.37. The molecule has 2 aromatic rings. The Balaban J connectivity index is 1.97. The van der Waals surface area contributed by atoms with Crippen molar-refractivity contribution >= 4 is 10.0 Å². The number of hydrogen-bond acceptors (Lipinski definition) is 7. The summed E-state index contributed by atoms with van der Waals surface area (Å²) < 4.78 is 39.8. The Morgan fingerprint density at radius 3 is 2.82 bits per heavy atom. The molecule has 34 heavy (non-hydrogen) atoms. The van der Waals surface area contributed by atoms with Crippen LogP contribution in [0.5, 0.6) is 5.75 Å². The number of pyridine rings is 1. The van der Waals surface area contributed by atoms with Crippen LogP contribution in [0.1, 0.15) is 25.1 Å². The van der Waals surface area contributed by atoms with Crippen LogP contribution in [0.25, 0.3) is 0 Å². The van der Waals surface area contributed by atoms with Gasteiger partial charge in [-0.3, -0.25) is 9.88 Å². The van der Waals surface area contributed by atoms with E-state index in [4.69, 9.17) is 9.47 Å². The van der Waals surface area contributed by atoms with Gasteiger partial charge in [-0.25, -0.2) is 8.42 Å². The number of ether oxygens (including phenoxy) is 2. The first-order chi connectivity index (χ1) is 16.3. The summed E-state index contributed by atoms with van der Waals surface area (Å²) in [4.78, 5) is 6.58. The molecule has 1 N–H and O–H groups in total. The van der Waals surface area contributed by atoms with Crippen LogP contribution in [-0.4, -0.2) is 80.3 Å². The maximum atomic E-state index is 13.5. The van der Waals surface area contributed by atoms with Gasteiger partial charge in [-0.05, 0) is 44.3 Å². The zero-order valence-electron chi connectivity index (χ0n) is 20.1. The summed E-state index contributed by atoms with van der Waals surface area (Å²) in [6, 6.07) is 10.1. The van der Waals surface area contributed by atoms with E-state index in [2.05, 4.69) is 21.7 Å². The molecule has 9 heteroatoms. The van der Waals surface area contributed by atoms with Crippen molar-refractivity contribution in [3.05, 3.63) is 53.9 Å². The molecule has 0 radical (unpaired) electrons. The number of fused-ring (bicyclic) bond motifs is 1. The highest BCUT2D eigenvalue weighted by molar-refractivity contribution is 7.89. The molecule has 0 aliphatic carbocycles. The van der Waals surface area contributed by atoms with Crippen molar-refractivity contribution in [1.82, 2.24) is 14.2 Å². The van der Waals surface area contributed by atoms with Gasteiger partial charge >= 0.3 is 0 Å². The topological polar surface area (TPSA) is 92.2 Å². The number of likely N-dealkylation sites (N-methyl/N-ethyl adjacent to an activating group) is 1. The molecule has 0 spiro atoms. The lowest BCUT2D eigenvalue weighted by molar-refractivity contribution is 0.0730. The minimum atomic E-state index is -3.88. The molecule has 2 heterocycles. The number of hydrogen-bond donors (Lipinski definition) is 1. The van der Waals surface area contributed by atoms with Crippen LogP contribution < -0.4 is 4.74 Å². The molecule has 0 unspecified atom stereocenters. The van der Waals surface area contributed by atoms with E-state index in [0.29, 0.717) is 18.7 Å². The zero-order valence-corrected chi connectivity index (χ0v) is 21.0. The minimum absolute atomic E-state index is 0.0781. The fraction of sp³-hybridized carbons (Fsp3) is 0.480. The number of rotatable bonds is 7. The van der Waals surface area contributed by atoms with E-state index in [0.717, 1.165) is 5.69 Å². The zero-order chi connectivity index (χ0) is 24.7. The smallest absolute Gasteiger partial charge is 0.247 e. The van der Waals surface area contributed by atoms with Gasteiger partial charge in [0.25, 0.3) is 0 Å². The van der Waals surface area contributed by atoms with Crippen molar-refractivity contribution in [3.8, 4) is 17.6 Å². The van der Waals surface area contributed by atoms with Gasteiger partial charge in [-0.15, -0.1) is 0 Å². The molecule has 1 aromatic heterocycles. The number of aliphatic hydroxyl groups excluding tert-OH is 1. The molecule has 0 saturated heterocycles. The highest BCUT2D eigenvalue weighted by Crippen LogP contribution is 2.34. The van der Waals surface area contributed by atoms with Crippen LogP contribution in [0, 0.1) is 17.8 Å². The van der Waals surface area contributed by atoms with E-state index in [-0.39, 0.29) is 42.4 Å². The van der Waals surface area contributed by atoms with Gasteiger partial charge in [0.15, 0.2) is 0 Å². The van der Waals surface area contributed by atoms with Crippen LogP contribution >= 0.6 is 0 Å². The van der Waals surface area contributed by atoms with Crippen LogP contribution in [0.2, 0.25) is 0 Å². The molecule has 3 atom stereocenters. The van der Waals surface area contributed by atoms with Gasteiger partial charge in [-0.1, -0.05) is 24.8 Å². The Labute approximate surface area is 202 Å². The second kappa shape index (κ2) is 11.8. The molecular weight excluding hydrogens is 454 g/mol. The standard InChI is InChI=1S/C25H33N3O5S/c1-19-15-28(20(2)18-29)34(30,31)25-11-10-21(8-7-13-32-4)14-23(25)33-24(19)17-27(3)16-22-9-5-6-12-26-22/h5-6,9-12,14,19-20,24,29H,13,15-18H2,1-4H3/t19-,20-,24-/m1/s1. The van der Waals surface area contributed by atoms with Crippen molar-refractivity contribution in [2.75, 3.05) is 40.5 Å². The van der Waals surface area contributed by atoms with E-state index >= 15 is 0 Å². The van der Waals surface area contributed by atoms with E-state index in [1.165, 1.54) is 10.4 Å². The summed E-state index contributed by atoms with van der Waals surface area (Å²) in [5.41, 5.74) is 1.58. The average Bonchev–Trinajstić information content (AvgIpc) is 2.81. The van der Waals surface area contributed by atoms with Gasteiger partial charge in [0.2, 0.25) is 10.0 Å². The second-order valence-corrected chi connectivity index (χ2v) is 10.5. The Morgan fingerprint density at radius 1 is 1.35 bits per heavy atom. The lowest BCUT2D eigenvalue weighted by atomic mass is 10.0. The third-order valence-corrected chi connectivity index (χ3v) is 7.79. The number of methoxy groups -OCH3 is 1. The predicted molar refractivity (Wildman–Crippen MR) is 130 cm³/mol. The number of nitrogens with zero attached hydrogens (tertiary/aromatic N) is 3. The van der Waals surface area contributed by atoms with Crippen LogP contribution in [0.3, 0.4) is 0 Å². The highest BCUT2D eigenvalue weighted by Gasteiger charge is 2.38. The first-order valence-electron chi connectivity index (χ1n) is 11.3. The molecule has 0 fully saturated rings. The van der Waals surface area contributed by atoms with Crippen LogP contribution in [0.15, 0.2) is 47.5 Å². The van der Waals surface area contributed by atoms with Crippen molar-refractivity contribution in [2.45, 2.75) is 37.4 Å². The van der Waals surface area contributed by atoms with Crippen molar-refractivity contribution in [2.24, 2.45) is 5.92 Å². The first kappa shape index (κ1) is 26.1. The molecule has 8 nitrogen and oxygen atoms in total. The number of sulfonamides is 1. The van der Waals surface area contributed by atoms with E-state index in [9.17, 15) is 13.5 Å². The first-order valence-corrected chi connectivity index (χ1v) is 12.7. The molecular formula is C25H33N3O5S. The number of aromatic nitrogens is 1. The monoisotopic (exact) mass is 487 g/mol. The quantitative estimate of drug-likeness (QED) is 0.597. The van der Waals surface area contributed by atoms with E-state index in [1.54, 1.807) is 32.4 Å². The Bertz CT molecular complexity index is 1110. The molecule has 1 aliphatic rings. The summed E-state index contributed by atoms with van der Waals surface area (Å²) in [5, 5.41) is 9.77. The highest BCUT2D eigenvalue weighted by atomic mass is 32.2. The van der Waals surface area contributed by atoms with Crippen molar-refractivity contribution in [3.63, 3.8) is 0 Å². The fourth-order valence-corrected chi connectivity index (χ4v) is 5.70. The predicted octanol–water partition coefficient (Wildman–Crippen LogP) is 1.98. The number of aliphatic hydroxyl groups is 1. The largest absolute Gasteiger partial charge is 0.487 e. The van der Waals surface area contributed by atoms with Crippen molar-refractivity contribution < 1.29 is 23.0 Å². The van der Waals surface area contributed by atoms with Crippen LogP contribution in [0.4, 0.5) is 0 Å². The fourth-order valence-electron chi connectivity index (χ4n) is 3.87. The van der Waals surface area contributed by atoms with Gasteiger partial charge < -0.3 is 14.6 Å². The summed E-state index contributed by atoms with van der Waals surface area (Å²) in [5.74, 6) is 6.00. The Morgan fingerprint density at radius 2 is 2.15 bits per heavy atom. The molecule has 0 saturated carbocycles. The lowest BCUT2D eigenvalue weighted by Crippen LogP contribution is -2.49. The SMILES string of the molecule is COCC#Cc1ccc2c(c1)O[C@H](CN(C)Cc1ccccn1)[C@H](C)CN([C@H](C)CO)S2(=O)=O. The van der Waals surface area contributed by atoms with Crippen molar-refractivity contribution in [1.29, 1.82) is 0 Å². The minimum Gasteiger partial charge on any atom is -0.487 e. The van der Waals surface area contributed by atoms with Gasteiger partial charge in [0.1, 0.15) is 23.4 Å². The molecule has 3 rings (SSSR count). The maximum absolute atomic E-state index is 13.5. The van der Waals surface area contributed by atoms with E-state index in [1.807, 2.05) is 32.2 Å². The number of benzene rings is 1.